The van der Waals surface area contributed by atoms with Gasteiger partial charge in [-0.25, -0.2) is 4.98 Å². The van der Waals surface area contributed by atoms with Gasteiger partial charge < -0.3 is 5.32 Å². The first-order valence-electron chi connectivity index (χ1n) is 8.85. The first kappa shape index (κ1) is 16.7. The van der Waals surface area contributed by atoms with Crippen molar-refractivity contribution in [1.29, 1.82) is 5.26 Å². The van der Waals surface area contributed by atoms with E-state index in [1.54, 1.807) is 11.3 Å². The van der Waals surface area contributed by atoms with Crippen LogP contribution in [0.3, 0.4) is 0 Å². The van der Waals surface area contributed by atoms with Gasteiger partial charge in [-0.15, -0.1) is 11.3 Å². The summed E-state index contributed by atoms with van der Waals surface area (Å²) in [4.78, 5) is 17.2. The maximum Gasteiger partial charge on any atom is 0.244 e. The number of rotatable bonds is 4. The van der Waals surface area contributed by atoms with Gasteiger partial charge in [0, 0.05) is 12.1 Å². The zero-order chi connectivity index (χ0) is 18.0. The molecule has 1 N–H and O–H groups in total. The molecule has 0 bridgehead atoms. The van der Waals surface area contributed by atoms with Crippen LogP contribution in [-0.2, 0) is 11.2 Å². The molecule has 1 heterocycles. The van der Waals surface area contributed by atoms with Gasteiger partial charge in [-0.3, -0.25) is 4.79 Å². The van der Waals surface area contributed by atoms with Crippen LogP contribution >= 0.6 is 11.3 Å². The number of hydrogen-bond donors (Lipinski definition) is 1. The third-order valence-corrected chi connectivity index (χ3v) is 6.05. The second kappa shape index (κ2) is 6.89. The summed E-state index contributed by atoms with van der Waals surface area (Å²) in [6, 6.07) is 18.2. The highest BCUT2D eigenvalue weighted by Crippen LogP contribution is 2.38. The van der Waals surface area contributed by atoms with Gasteiger partial charge in [-0.2, -0.15) is 5.26 Å². The molecular weight excluding hydrogens is 342 g/mol. The maximum atomic E-state index is 12.5. The maximum absolute atomic E-state index is 12.5. The number of amides is 1. The largest absolute Gasteiger partial charge is 0.325 e. The Balaban J connectivity index is 1.45. The van der Waals surface area contributed by atoms with E-state index in [2.05, 4.69) is 22.4 Å². The molecule has 1 aliphatic carbocycles. The monoisotopic (exact) mass is 361 g/mol. The van der Waals surface area contributed by atoms with Crippen molar-refractivity contribution >= 4 is 33.1 Å². The Morgan fingerprint density at radius 2 is 1.88 bits per heavy atom. The summed E-state index contributed by atoms with van der Waals surface area (Å²) in [5.74, 6) is -0.170. The molecule has 3 aromatic rings. The molecule has 1 fully saturated rings. The highest BCUT2D eigenvalue weighted by atomic mass is 32.1. The molecule has 0 unspecified atom stereocenters. The molecule has 2 aromatic carbocycles. The number of carbonyl (C=O) groups excluding carboxylic acids is 1. The minimum atomic E-state index is -0.848. The third kappa shape index (κ3) is 3.21. The molecule has 4 rings (SSSR count). The summed E-state index contributed by atoms with van der Waals surface area (Å²) in [7, 11) is 0. The van der Waals surface area contributed by atoms with Gasteiger partial charge in [0.15, 0.2) is 0 Å². The second-order valence-electron chi connectivity index (χ2n) is 6.80. The molecule has 0 radical (unpaired) electrons. The Morgan fingerprint density at radius 3 is 2.58 bits per heavy atom. The third-order valence-electron chi connectivity index (χ3n) is 5.01. The van der Waals surface area contributed by atoms with Crippen molar-refractivity contribution in [3.8, 4) is 6.07 Å². The number of benzene rings is 2. The van der Waals surface area contributed by atoms with E-state index in [1.807, 2.05) is 42.5 Å². The van der Waals surface area contributed by atoms with E-state index in [4.69, 9.17) is 0 Å². The fourth-order valence-electron chi connectivity index (χ4n) is 3.50. The summed E-state index contributed by atoms with van der Waals surface area (Å²) >= 11 is 1.71. The molecule has 0 spiro atoms. The van der Waals surface area contributed by atoms with E-state index in [1.165, 1.54) is 4.70 Å². The lowest BCUT2D eigenvalue weighted by atomic mass is 9.87. The topological polar surface area (TPSA) is 65.8 Å². The molecule has 5 heteroatoms. The van der Waals surface area contributed by atoms with Crippen LogP contribution in [0.4, 0.5) is 5.69 Å². The number of aromatic nitrogens is 1. The van der Waals surface area contributed by atoms with Crippen LogP contribution in [0.5, 0.6) is 0 Å². The standard InChI is InChI=1S/C21H19N3OS/c22-14-21(11-3-4-12-21)20(25)23-16-9-7-15(8-10-16)13-19-24-17-5-1-2-6-18(17)26-19/h1-2,5-10H,3-4,11-13H2,(H,23,25). The molecule has 1 saturated carbocycles. The Kier molecular flexibility index (Phi) is 4.44. The first-order valence-corrected chi connectivity index (χ1v) is 9.66. The zero-order valence-electron chi connectivity index (χ0n) is 14.4. The number of carbonyl (C=O) groups is 1. The molecule has 1 aliphatic rings. The smallest absolute Gasteiger partial charge is 0.244 e. The highest BCUT2D eigenvalue weighted by Gasteiger charge is 2.41. The van der Waals surface area contributed by atoms with Gasteiger partial charge in [0.1, 0.15) is 5.41 Å². The van der Waals surface area contributed by atoms with E-state index < -0.39 is 5.41 Å². The van der Waals surface area contributed by atoms with Crippen molar-refractivity contribution in [3.63, 3.8) is 0 Å². The van der Waals surface area contributed by atoms with Crippen LogP contribution in [0.15, 0.2) is 48.5 Å². The molecule has 26 heavy (non-hydrogen) atoms. The van der Waals surface area contributed by atoms with Crippen molar-refractivity contribution in [2.45, 2.75) is 32.1 Å². The Morgan fingerprint density at radius 1 is 1.15 bits per heavy atom. The lowest BCUT2D eigenvalue weighted by Gasteiger charge is -2.19. The minimum Gasteiger partial charge on any atom is -0.325 e. The number of nitrogens with zero attached hydrogens (tertiary/aromatic N) is 2. The average molecular weight is 361 g/mol. The number of nitrogens with one attached hydrogen (secondary N) is 1. The van der Waals surface area contributed by atoms with Crippen LogP contribution in [0.25, 0.3) is 10.2 Å². The average Bonchev–Trinajstić information content (AvgIpc) is 3.30. The first-order chi connectivity index (χ1) is 12.7. The van der Waals surface area contributed by atoms with Crippen LogP contribution in [-0.4, -0.2) is 10.9 Å². The Bertz CT molecular complexity index is 945. The highest BCUT2D eigenvalue weighted by molar-refractivity contribution is 7.18. The van der Waals surface area contributed by atoms with Crippen LogP contribution in [0, 0.1) is 16.7 Å². The van der Waals surface area contributed by atoms with E-state index in [-0.39, 0.29) is 5.91 Å². The van der Waals surface area contributed by atoms with Gasteiger partial charge in [-0.05, 0) is 42.7 Å². The molecule has 0 atom stereocenters. The van der Waals surface area contributed by atoms with Crippen molar-refractivity contribution < 1.29 is 4.79 Å². The van der Waals surface area contributed by atoms with Gasteiger partial charge in [0.05, 0.1) is 21.3 Å². The van der Waals surface area contributed by atoms with Crippen molar-refractivity contribution in [2.75, 3.05) is 5.32 Å². The molecule has 1 amide bonds. The molecule has 0 saturated heterocycles. The van der Waals surface area contributed by atoms with Crippen molar-refractivity contribution in [3.05, 3.63) is 59.1 Å². The Hall–Kier alpha value is -2.71. The van der Waals surface area contributed by atoms with Gasteiger partial charge in [0.2, 0.25) is 5.91 Å². The number of para-hydroxylation sites is 1. The molecule has 0 aliphatic heterocycles. The van der Waals surface area contributed by atoms with Crippen LogP contribution in [0.1, 0.15) is 36.3 Å². The molecule has 4 nitrogen and oxygen atoms in total. The summed E-state index contributed by atoms with van der Waals surface area (Å²) in [5.41, 5.74) is 2.08. The van der Waals surface area contributed by atoms with Gasteiger partial charge in [-0.1, -0.05) is 37.1 Å². The van der Waals surface area contributed by atoms with Gasteiger partial charge in [0.25, 0.3) is 0 Å². The zero-order valence-corrected chi connectivity index (χ0v) is 15.2. The van der Waals surface area contributed by atoms with Crippen LogP contribution in [0.2, 0.25) is 0 Å². The van der Waals surface area contributed by atoms with E-state index >= 15 is 0 Å². The number of hydrogen-bond acceptors (Lipinski definition) is 4. The minimum absolute atomic E-state index is 0.170. The lowest BCUT2D eigenvalue weighted by molar-refractivity contribution is -0.122. The molecule has 130 valence electrons. The summed E-state index contributed by atoms with van der Waals surface area (Å²) in [6.07, 6.45) is 3.98. The fraction of sp³-hybridized carbons (Fsp3) is 0.286. The number of thiazole rings is 1. The van der Waals surface area contributed by atoms with Crippen molar-refractivity contribution in [2.24, 2.45) is 5.41 Å². The van der Waals surface area contributed by atoms with E-state index in [0.29, 0.717) is 12.8 Å². The molecular formula is C21H19N3OS. The van der Waals surface area contributed by atoms with Crippen molar-refractivity contribution in [1.82, 2.24) is 4.98 Å². The van der Waals surface area contributed by atoms with Crippen LogP contribution < -0.4 is 5.32 Å². The SMILES string of the molecule is N#CC1(C(=O)Nc2ccc(Cc3nc4ccccc4s3)cc2)CCCC1. The van der Waals surface area contributed by atoms with E-state index in [0.717, 1.165) is 41.0 Å². The summed E-state index contributed by atoms with van der Waals surface area (Å²) < 4.78 is 1.20. The molecule has 1 aromatic heterocycles. The number of nitriles is 1. The predicted molar refractivity (Wildman–Crippen MR) is 104 cm³/mol. The Labute approximate surface area is 156 Å². The normalized spacial score (nSPS) is 15.7. The summed E-state index contributed by atoms with van der Waals surface area (Å²) in [6.45, 7) is 0. The second-order valence-corrected chi connectivity index (χ2v) is 7.92. The predicted octanol–water partition coefficient (Wildman–Crippen LogP) is 4.91. The number of fused-ring (bicyclic) bond motifs is 1. The summed E-state index contributed by atoms with van der Waals surface area (Å²) in [5, 5.41) is 13.4. The quantitative estimate of drug-likeness (QED) is 0.718. The lowest BCUT2D eigenvalue weighted by Crippen LogP contribution is -2.32. The number of anilines is 1. The van der Waals surface area contributed by atoms with Gasteiger partial charge >= 0.3 is 0 Å². The fourth-order valence-corrected chi connectivity index (χ4v) is 4.50. The van der Waals surface area contributed by atoms with E-state index in [9.17, 15) is 10.1 Å².